The van der Waals surface area contributed by atoms with Gasteiger partial charge in [0.25, 0.3) is 5.56 Å². The summed E-state index contributed by atoms with van der Waals surface area (Å²) in [4.78, 5) is 41.7. The summed E-state index contributed by atoms with van der Waals surface area (Å²) in [5.74, 6) is -2.44. The Morgan fingerprint density at radius 1 is 1.00 bits per heavy atom. The van der Waals surface area contributed by atoms with Crippen LogP contribution in [0.4, 0.5) is 8.78 Å². The van der Waals surface area contributed by atoms with Gasteiger partial charge in [0.05, 0.1) is 18.2 Å². The molecule has 1 amide bonds. The number of amides is 1. The number of nitrogens with one attached hydrogen (secondary N) is 1. The van der Waals surface area contributed by atoms with Crippen LogP contribution in [0.1, 0.15) is 83.4 Å². The number of carbonyl (C=O) groups is 2. The van der Waals surface area contributed by atoms with Gasteiger partial charge in [0.2, 0.25) is 5.91 Å². The molecule has 0 aliphatic carbocycles. The summed E-state index contributed by atoms with van der Waals surface area (Å²) in [5.41, 5.74) is 6.54. The normalized spacial score (nSPS) is 15.1. The van der Waals surface area contributed by atoms with E-state index in [0.717, 1.165) is 33.4 Å². The molecule has 0 spiro atoms. The minimum atomic E-state index is -1.21. The van der Waals surface area contributed by atoms with E-state index in [2.05, 4.69) is 10.4 Å². The van der Waals surface area contributed by atoms with E-state index in [4.69, 9.17) is 0 Å². The number of nitrogens with zero attached hydrogens (tertiary/aromatic N) is 3. The maximum absolute atomic E-state index is 15.8. The van der Waals surface area contributed by atoms with Crippen LogP contribution in [0.3, 0.4) is 0 Å². The van der Waals surface area contributed by atoms with Crippen molar-refractivity contribution in [2.24, 2.45) is 5.92 Å². The SMILES string of the molecule is Cc1cc(C)c(-c2cc(C)c(F)c([C@H](CC(=O)O)NC(=O)[C@H](CC(C)C)n3nc(CCN4CC(F)C4)c(C)c(C)c3=O)c2)c(C)c1. The number of rotatable bonds is 12. The molecule has 8 nitrogen and oxygen atoms in total. The first-order chi connectivity index (χ1) is 21.6. The van der Waals surface area contributed by atoms with Gasteiger partial charge in [-0.1, -0.05) is 31.5 Å². The molecule has 0 unspecified atom stereocenters. The number of hydrogen-bond donors (Lipinski definition) is 2. The third-order valence-corrected chi connectivity index (χ3v) is 8.94. The van der Waals surface area contributed by atoms with Gasteiger partial charge in [0, 0.05) is 37.2 Å². The minimum absolute atomic E-state index is 0.0233. The number of aliphatic carboxylic acids is 1. The molecular formula is C36H46F2N4O4. The summed E-state index contributed by atoms with van der Waals surface area (Å²) in [6.07, 6.45) is -0.661. The Bertz CT molecular complexity index is 1670. The van der Waals surface area contributed by atoms with E-state index in [9.17, 15) is 23.9 Å². The summed E-state index contributed by atoms with van der Waals surface area (Å²) < 4.78 is 30.4. The van der Waals surface area contributed by atoms with E-state index in [0.29, 0.717) is 42.9 Å². The lowest BCUT2D eigenvalue weighted by Gasteiger charge is -2.34. The number of carbonyl (C=O) groups excluding carboxylic acids is 1. The molecule has 0 saturated carbocycles. The Morgan fingerprint density at radius 3 is 2.20 bits per heavy atom. The smallest absolute Gasteiger partial charge is 0.305 e. The standard InChI is InChI=1S/C36H46F2N4O4/c1-19(2)11-31(42-36(46)25(8)24(7)29(40-42)9-10-41-17-27(37)18-41)35(45)39-30(16-32(43)44)28-15-26(14-23(6)34(28)38)33-21(4)12-20(3)13-22(33)5/h12-15,19,27,30-31H,9-11,16-18H2,1-8H3,(H,39,45)(H,43,44)/t30-,31-/m0/s1. The Hall–Kier alpha value is -3.92. The lowest BCUT2D eigenvalue weighted by atomic mass is 9.89. The highest BCUT2D eigenvalue weighted by molar-refractivity contribution is 5.82. The van der Waals surface area contributed by atoms with Crippen molar-refractivity contribution in [2.45, 2.75) is 92.9 Å². The van der Waals surface area contributed by atoms with Gasteiger partial charge in [-0.25, -0.2) is 13.5 Å². The monoisotopic (exact) mass is 636 g/mol. The fourth-order valence-electron chi connectivity index (χ4n) is 6.48. The maximum Gasteiger partial charge on any atom is 0.305 e. The van der Waals surface area contributed by atoms with Crippen molar-refractivity contribution < 1.29 is 23.5 Å². The van der Waals surface area contributed by atoms with Gasteiger partial charge in [-0.3, -0.25) is 19.3 Å². The molecule has 1 aliphatic rings. The van der Waals surface area contributed by atoms with Gasteiger partial charge in [-0.2, -0.15) is 5.10 Å². The fourth-order valence-corrected chi connectivity index (χ4v) is 6.48. The molecule has 1 saturated heterocycles. The van der Waals surface area contributed by atoms with Crippen LogP contribution in [0.15, 0.2) is 29.1 Å². The number of aromatic nitrogens is 2. The highest BCUT2D eigenvalue weighted by Gasteiger charge is 2.31. The zero-order valence-corrected chi connectivity index (χ0v) is 28.1. The van der Waals surface area contributed by atoms with Gasteiger partial charge in [-0.05, 0) is 99.4 Å². The Morgan fingerprint density at radius 2 is 1.63 bits per heavy atom. The number of aryl methyl sites for hydroxylation is 4. The van der Waals surface area contributed by atoms with Crippen LogP contribution >= 0.6 is 0 Å². The summed E-state index contributed by atoms with van der Waals surface area (Å²) in [5, 5.41) is 17.3. The van der Waals surface area contributed by atoms with Gasteiger partial charge >= 0.3 is 5.97 Å². The predicted octanol–water partition coefficient (Wildman–Crippen LogP) is 6.02. The quantitative estimate of drug-likeness (QED) is 0.252. The highest BCUT2D eigenvalue weighted by atomic mass is 19.1. The van der Waals surface area contributed by atoms with Crippen LogP contribution in [-0.2, 0) is 16.0 Å². The van der Waals surface area contributed by atoms with Crippen LogP contribution < -0.4 is 10.9 Å². The summed E-state index contributed by atoms with van der Waals surface area (Å²) in [6.45, 7) is 16.2. The number of carboxylic acids is 1. The van der Waals surface area contributed by atoms with E-state index in [-0.39, 0.29) is 17.9 Å². The molecule has 1 aliphatic heterocycles. The second-order valence-electron chi connectivity index (χ2n) is 13.3. The first kappa shape index (κ1) is 34.9. The molecule has 0 bridgehead atoms. The summed E-state index contributed by atoms with van der Waals surface area (Å²) in [7, 11) is 0. The van der Waals surface area contributed by atoms with Crippen LogP contribution in [0.5, 0.6) is 0 Å². The van der Waals surface area contributed by atoms with Gasteiger partial charge in [0.1, 0.15) is 18.0 Å². The number of halogens is 2. The Kier molecular flexibility index (Phi) is 10.8. The number of carboxylic acid groups (broad SMARTS) is 1. The van der Waals surface area contributed by atoms with Crippen molar-refractivity contribution in [3.05, 3.63) is 85.1 Å². The minimum Gasteiger partial charge on any atom is -0.481 e. The van der Waals surface area contributed by atoms with Crippen molar-refractivity contribution in [2.75, 3.05) is 19.6 Å². The number of benzene rings is 2. The molecule has 2 aromatic carbocycles. The number of likely N-dealkylation sites (tertiary alicyclic amines) is 1. The molecule has 10 heteroatoms. The molecule has 2 N–H and O–H groups in total. The molecule has 1 fully saturated rings. The topological polar surface area (TPSA) is 105 Å². The van der Waals surface area contributed by atoms with E-state index < -0.39 is 47.9 Å². The van der Waals surface area contributed by atoms with E-state index in [1.165, 1.54) is 4.68 Å². The highest BCUT2D eigenvalue weighted by Crippen LogP contribution is 2.34. The molecular weight excluding hydrogens is 590 g/mol. The molecule has 46 heavy (non-hydrogen) atoms. The number of hydrogen-bond acceptors (Lipinski definition) is 5. The van der Waals surface area contributed by atoms with Gasteiger partial charge in [0.15, 0.2) is 0 Å². The van der Waals surface area contributed by atoms with Crippen LogP contribution in [0.25, 0.3) is 11.1 Å². The fraction of sp³-hybridized carbons (Fsp3) is 0.500. The second kappa shape index (κ2) is 14.2. The number of alkyl halides is 1. The van der Waals surface area contributed by atoms with Crippen LogP contribution in [0, 0.1) is 53.3 Å². The van der Waals surface area contributed by atoms with Crippen molar-refractivity contribution >= 4 is 11.9 Å². The maximum atomic E-state index is 15.8. The van der Waals surface area contributed by atoms with Gasteiger partial charge in [-0.15, -0.1) is 0 Å². The van der Waals surface area contributed by atoms with E-state index in [1.54, 1.807) is 26.0 Å². The Labute approximate surface area is 269 Å². The molecule has 2 atom stereocenters. The zero-order valence-electron chi connectivity index (χ0n) is 28.1. The molecule has 4 rings (SSSR count). The van der Waals surface area contributed by atoms with E-state index >= 15 is 4.39 Å². The largest absolute Gasteiger partial charge is 0.481 e. The molecule has 0 radical (unpaired) electrons. The second-order valence-corrected chi connectivity index (χ2v) is 13.3. The van der Waals surface area contributed by atoms with Crippen molar-refractivity contribution in [1.29, 1.82) is 0 Å². The first-order valence-corrected chi connectivity index (χ1v) is 15.9. The molecule has 2 heterocycles. The van der Waals surface area contributed by atoms with Crippen molar-refractivity contribution in [1.82, 2.24) is 20.0 Å². The molecule has 1 aromatic heterocycles. The van der Waals surface area contributed by atoms with Crippen molar-refractivity contribution in [3.63, 3.8) is 0 Å². The molecule has 3 aromatic rings. The summed E-state index contributed by atoms with van der Waals surface area (Å²) >= 11 is 0. The lowest BCUT2D eigenvalue weighted by molar-refractivity contribution is -0.138. The first-order valence-electron chi connectivity index (χ1n) is 15.9. The molecule has 248 valence electrons. The van der Waals surface area contributed by atoms with Crippen molar-refractivity contribution in [3.8, 4) is 11.1 Å². The lowest BCUT2D eigenvalue weighted by Crippen LogP contribution is -2.49. The predicted molar refractivity (Wildman–Crippen MR) is 175 cm³/mol. The average Bonchev–Trinajstić information content (AvgIpc) is 2.93. The van der Waals surface area contributed by atoms with Crippen LogP contribution in [0.2, 0.25) is 0 Å². The Balaban J connectivity index is 1.74. The van der Waals surface area contributed by atoms with Gasteiger partial charge < -0.3 is 10.4 Å². The zero-order chi connectivity index (χ0) is 34.0. The average molecular weight is 637 g/mol. The summed E-state index contributed by atoms with van der Waals surface area (Å²) in [6, 6.07) is 5.17. The third kappa shape index (κ3) is 7.71. The third-order valence-electron chi connectivity index (χ3n) is 8.94. The van der Waals surface area contributed by atoms with E-state index in [1.807, 2.05) is 58.6 Å². The van der Waals surface area contributed by atoms with Crippen LogP contribution in [-0.4, -0.2) is 57.5 Å².